The molecule has 26 heavy (non-hydrogen) atoms. The van der Waals surface area contributed by atoms with Crippen LogP contribution in [0.1, 0.15) is 28.8 Å². The number of hydrogen-bond donors (Lipinski definition) is 2. The molecule has 1 aromatic heterocycles. The molecule has 1 fully saturated rings. The molecule has 2 N–H and O–H groups in total. The summed E-state index contributed by atoms with van der Waals surface area (Å²) in [6.45, 7) is 2.47. The largest absolute Gasteiger partial charge is 0.482 e. The van der Waals surface area contributed by atoms with E-state index < -0.39 is 0 Å². The van der Waals surface area contributed by atoms with Gasteiger partial charge in [0.25, 0.3) is 11.8 Å². The number of rotatable bonds is 4. The summed E-state index contributed by atoms with van der Waals surface area (Å²) >= 11 is 0. The standard InChI is InChI=1S/C19H20N4O3/c24-18-12-26-16-10-14(3-4-15(16)22-18)19(25)21-11-13-5-6-20-17(9-13)23-7-1-2-8-23/h3-6,9-10H,1-2,7-8,11-12H2,(H,21,25)(H,22,24). The van der Waals surface area contributed by atoms with Crippen LogP contribution in [0.15, 0.2) is 36.5 Å². The van der Waals surface area contributed by atoms with Crippen molar-refractivity contribution in [2.45, 2.75) is 19.4 Å². The molecule has 1 aromatic carbocycles. The lowest BCUT2D eigenvalue weighted by molar-refractivity contribution is -0.118. The fourth-order valence-electron chi connectivity index (χ4n) is 3.19. The minimum Gasteiger partial charge on any atom is -0.482 e. The topological polar surface area (TPSA) is 83.6 Å². The van der Waals surface area contributed by atoms with Gasteiger partial charge in [-0.15, -0.1) is 0 Å². The van der Waals surface area contributed by atoms with Crippen molar-refractivity contribution in [3.05, 3.63) is 47.7 Å². The summed E-state index contributed by atoms with van der Waals surface area (Å²) in [5.41, 5.74) is 2.09. The normalized spacial score (nSPS) is 15.8. The molecule has 0 radical (unpaired) electrons. The highest BCUT2D eigenvalue weighted by Gasteiger charge is 2.18. The highest BCUT2D eigenvalue weighted by Crippen LogP contribution is 2.28. The van der Waals surface area contributed by atoms with E-state index in [2.05, 4.69) is 20.5 Å². The van der Waals surface area contributed by atoms with Crippen molar-refractivity contribution in [1.82, 2.24) is 10.3 Å². The number of ether oxygens (including phenoxy) is 1. The zero-order chi connectivity index (χ0) is 17.9. The van der Waals surface area contributed by atoms with E-state index in [0.717, 1.165) is 24.5 Å². The Kier molecular flexibility index (Phi) is 4.43. The molecule has 0 bridgehead atoms. The van der Waals surface area contributed by atoms with Gasteiger partial charge in [-0.25, -0.2) is 4.98 Å². The van der Waals surface area contributed by atoms with Gasteiger partial charge in [-0.1, -0.05) is 0 Å². The Hall–Kier alpha value is -3.09. The molecule has 0 atom stereocenters. The van der Waals surface area contributed by atoms with Gasteiger partial charge in [0.2, 0.25) is 0 Å². The number of aromatic nitrogens is 1. The van der Waals surface area contributed by atoms with Crippen molar-refractivity contribution in [3.63, 3.8) is 0 Å². The number of benzene rings is 1. The van der Waals surface area contributed by atoms with Crippen LogP contribution in [0.4, 0.5) is 11.5 Å². The molecule has 3 heterocycles. The number of carbonyl (C=O) groups is 2. The van der Waals surface area contributed by atoms with Gasteiger partial charge in [0.1, 0.15) is 11.6 Å². The molecule has 2 aliphatic heterocycles. The second-order valence-electron chi connectivity index (χ2n) is 6.45. The van der Waals surface area contributed by atoms with Gasteiger partial charge in [-0.3, -0.25) is 9.59 Å². The Morgan fingerprint density at radius 2 is 2.08 bits per heavy atom. The van der Waals surface area contributed by atoms with E-state index in [1.54, 1.807) is 24.4 Å². The third-order valence-electron chi connectivity index (χ3n) is 4.57. The number of anilines is 2. The van der Waals surface area contributed by atoms with E-state index in [1.807, 2.05) is 12.1 Å². The number of hydrogen-bond acceptors (Lipinski definition) is 5. The number of amides is 2. The zero-order valence-electron chi connectivity index (χ0n) is 14.3. The Morgan fingerprint density at radius 3 is 2.92 bits per heavy atom. The maximum atomic E-state index is 12.4. The summed E-state index contributed by atoms with van der Waals surface area (Å²) in [6, 6.07) is 8.93. The molecule has 2 amide bonds. The van der Waals surface area contributed by atoms with Crippen molar-refractivity contribution >= 4 is 23.3 Å². The van der Waals surface area contributed by atoms with Crippen LogP contribution in [0, 0.1) is 0 Å². The van der Waals surface area contributed by atoms with E-state index >= 15 is 0 Å². The van der Waals surface area contributed by atoms with Crippen LogP contribution in [0.25, 0.3) is 0 Å². The smallest absolute Gasteiger partial charge is 0.262 e. The van der Waals surface area contributed by atoms with E-state index in [1.165, 1.54) is 12.8 Å². The van der Waals surface area contributed by atoms with Crippen LogP contribution < -0.4 is 20.3 Å². The molecule has 0 aliphatic carbocycles. The lowest BCUT2D eigenvalue weighted by atomic mass is 10.1. The number of carbonyl (C=O) groups excluding carboxylic acids is 2. The first kappa shape index (κ1) is 16.4. The van der Waals surface area contributed by atoms with Crippen molar-refractivity contribution in [1.29, 1.82) is 0 Å². The van der Waals surface area contributed by atoms with Crippen molar-refractivity contribution in [2.24, 2.45) is 0 Å². The molecular formula is C19H20N4O3. The van der Waals surface area contributed by atoms with Crippen LogP contribution in [0.3, 0.4) is 0 Å². The second-order valence-corrected chi connectivity index (χ2v) is 6.45. The summed E-state index contributed by atoms with van der Waals surface area (Å²) in [6.07, 6.45) is 4.18. The average molecular weight is 352 g/mol. The molecule has 7 heteroatoms. The Morgan fingerprint density at radius 1 is 1.23 bits per heavy atom. The molecular weight excluding hydrogens is 332 g/mol. The summed E-state index contributed by atoms with van der Waals surface area (Å²) in [7, 11) is 0. The summed E-state index contributed by atoms with van der Waals surface area (Å²) in [5, 5.41) is 5.63. The van der Waals surface area contributed by atoms with Gasteiger partial charge >= 0.3 is 0 Å². The van der Waals surface area contributed by atoms with E-state index in [4.69, 9.17) is 4.74 Å². The third-order valence-corrected chi connectivity index (χ3v) is 4.57. The van der Waals surface area contributed by atoms with Crippen molar-refractivity contribution < 1.29 is 14.3 Å². The van der Waals surface area contributed by atoms with Gasteiger partial charge in [0, 0.05) is 31.4 Å². The van der Waals surface area contributed by atoms with Crippen molar-refractivity contribution in [2.75, 3.05) is 29.9 Å². The summed E-state index contributed by atoms with van der Waals surface area (Å²) < 4.78 is 5.36. The molecule has 2 aromatic rings. The molecule has 0 unspecified atom stereocenters. The van der Waals surface area contributed by atoms with Crippen LogP contribution in [-0.2, 0) is 11.3 Å². The Labute approximate surface area is 151 Å². The predicted octanol–water partition coefficient (Wildman–Crippen LogP) is 1.94. The quantitative estimate of drug-likeness (QED) is 0.879. The molecule has 4 rings (SSSR count). The fourth-order valence-corrected chi connectivity index (χ4v) is 3.19. The lowest BCUT2D eigenvalue weighted by Gasteiger charge is -2.18. The first-order valence-corrected chi connectivity index (χ1v) is 8.74. The summed E-state index contributed by atoms with van der Waals surface area (Å²) in [4.78, 5) is 30.4. The number of nitrogens with zero attached hydrogens (tertiary/aromatic N) is 2. The van der Waals surface area contributed by atoms with Gasteiger partial charge in [0.05, 0.1) is 5.69 Å². The van der Waals surface area contributed by atoms with Gasteiger partial charge in [-0.05, 0) is 48.7 Å². The number of pyridine rings is 1. The molecule has 0 saturated carbocycles. The maximum absolute atomic E-state index is 12.4. The SMILES string of the molecule is O=C1COc2cc(C(=O)NCc3ccnc(N4CCCC4)c3)ccc2N1. The van der Waals surface area contributed by atoms with E-state index in [0.29, 0.717) is 23.5 Å². The monoisotopic (exact) mass is 352 g/mol. The number of fused-ring (bicyclic) bond motifs is 1. The molecule has 134 valence electrons. The maximum Gasteiger partial charge on any atom is 0.262 e. The Balaban J connectivity index is 1.41. The molecule has 2 aliphatic rings. The van der Waals surface area contributed by atoms with E-state index in [-0.39, 0.29) is 18.4 Å². The average Bonchev–Trinajstić information content (AvgIpc) is 3.21. The van der Waals surface area contributed by atoms with Crippen LogP contribution >= 0.6 is 0 Å². The predicted molar refractivity (Wildman–Crippen MR) is 97.4 cm³/mol. The van der Waals surface area contributed by atoms with Crippen LogP contribution in [-0.4, -0.2) is 36.5 Å². The minimum atomic E-state index is -0.193. The second kappa shape index (κ2) is 7.03. The first-order valence-electron chi connectivity index (χ1n) is 8.74. The fraction of sp³-hybridized carbons (Fsp3) is 0.316. The third kappa shape index (κ3) is 3.46. The molecule has 7 nitrogen and oxygen atoms in total. The van der Waals surface area contributed by atoms with Crippen molar-refractivity contribution in [3.8, 4) is 5.75 Å². The van der Waals surface area contributed by atoms with Gasteiger partial charge < -0.3 is 20.3 Å². The first-order chi connectivity index (χ1) is 12.7. The highest BCUT2D eigenvalue weighted by molar-refractivity contribution is 5.98. The molecule has 1 saturated heterocycles. The van der Waals surface area contributed by atoms with E-state index in [9.17, 15) is 9.59 Å². The van der Waals surface area contributed by atoms with Crippen LogP contribution in [0.5, 0.6) is 5.75 Å². The summed E-state index contributed by atoms with van der Waals surface area (Å²) in [5.74, 6) is 1.10. The lowest BCUT2D eigenvalue weighted by Crippen LogP contribution is -2.27. The number of nitrogens with one attached hydrogen (secondary N) is 2. The minimum absolute atomic E-state index is 0.0334. The van der Waals surface area contributed by atoms with Crippen LogP contribution in [0.2, 0.25) is 0 Å². The highest BCUT2D eigenvalue weighted by atomic mass is 16.5. The van der Waals surface area contributed by atoms with Gasteiger partial charge in [-0.2, -0.15) is 0 Å². The zero-order valence-corrected chi connectivity index (χ0v) is 14.3. The van der Waals surface area contributed by atoms with Gasteiger partial charge in [0.15, 0.2) is 6.61 Å². The molecule has 0 spiro atoms. The Bertz CT molecular complexity index is 846.